The minimum atomic E-state index is -4.01. The van der Waals surface area contributed by atoms with Gasteiger partial charge in [0.2, 0.25) is 10.0 Å². The van der Waals surface area contributed by atoms with Crippen LogP contribution in [0, 0.1) is 0 Å². The van der Waals surface area contributed by atoms with Gasteiger partial charge in [-0.15, -0.1) is 0 Å². The highest BCUT2D eigenvalue weighted by atomic mass is 32.2. The lowest BCUT2D eigenvalue weighted by Crippen LogP contribution is -2.41. The molecule has 2 atom stereocenters. The normalized spacial score (nSPS) is 19.3. The van der Waals surface area contributed by atoms with Gasteiger partial charge < -0.3 is 14.6 Å². The minimum Gasteiger partial charge on any atom is -0.465 e. The molecule has 2 aromatic carbocycles. The highest BCUT2D eigenvalue weighted by Crippen LogP contribution is 2.29. The monoisotopic (exact) mass is 475 g/mol. The molecule has 33 heavy (non-hydrogen) atoms. The average molecular weight is 476 g/mol. The number of rotatable bonds is 6. The molecule has 0 aliphatic carbocycles. The number of nitrogens with zero attached hydrogens (tertiary/aromatic N) is 1. The summed E-state index contributed by atoms with van der Waals surface area (Å²) in [5.41, 5.74) is 1.84. The first-order valence-electron chi connectivity index (χ1n) is 10.6. The van der Waals surface area contributed by atoms with E-state index in [2.05, 4.69) is 4.74 Å². The van der Waals surface area contributed by atoms with E-state index in [1.54, 1.807) is 36.4 Å². The molecule has 0 unspecified atom stereocenters. The van der Waals surface area contributed by atoms with E-state index in [0.717, 1.165) is 9.87 Å². The summed E-state index contributed by atoms with van der Waals surface area (Å²) in [5, 5.41) is 10.1. The van der Waals surface area contributed by atoms with E-state index in [-0.39, 0.29) is 29.9 Å². The van der Waals surface area contributed by atoms with Crippen LogP contribution in [0.15, 0.2) is 53.4 Å². The molecule has 1 fully saturated rings. The first-order chi connectivity index (χ1) is 15.4. The van der Waals surface area contributed by atoms with Gasteiger partial charge >= 0.3 is 11.9 Å². The molecule has 1 aliphatic rings. The lowest BCUT2D eigenvalue weighted by molar-refractivity contribution is -0.148. The van der Waals surface area contributed by atoms with Crippen molar-refractivity contribution < 1.29 is 32.6 Å². The molecule has 0 amide bonds. The molecule has 0 radical (unpaired) electrons. The molecule has 9 heteroatoms. The van der Waals surface area contributed by atoms with Crippen molar-refractivity contribution >= 4 is 22.0 Å². The molecule has 0 spiro atoms. The summed E-state index contributed by atoms with van der Waals surface area (Å²) < 4.78 is 37.4. The number of carbonyl (C=O) groups excluding carboxylic acids is 2. The third kappa shape index (κ3) is 5.61. The van der Waals surface area contributed by atoms with Gasteiger partial charge in [0.25, 0.3) is 0 Å². The van der Waals surface area contributed by atoms with E-state index in [4.69, 9.17) is 4.74 Å². The molecule has 1 saturated heterocycles. The lowest BCUT2D eigenvalue weighted by Gasteiger charge is -2.23. The highest BCUT2D eigenvalue weighted by molar-refractivity contribution is 7.89. The summed E-state index contributed by atoms with van der Waals surface area (Å²) in [6, 6.07) is 11.8. The van der Waals surface area contributed by atoms with E-state index in [0.29, 0.717) is 11.1 Å². The van der Waals surface area contributed by atoms with Crippen LogP contribution in [-0.2, 0) is 36.3 Å². The van der Waals surface area contributed by atoms with Crippen LogP contribution in [0.1, 0.15) is 48.7 Å². The summed E-state index contributed by atoms with van der Waals surface area (Å²) in [7, 11) is -2.72. The Hall–Kier alpha value is -2.75. The van der Waals surface area contributed by atoms with Crippen molar-refractivity contribution in [3.8, 4) is 0 Å². The van der Waals surface area contributed by atoms with E-state index < -0.39 is 34.1 Å². The number of sulfonamides is 1. The molecule has 1 heterocycles. The van der Waals surface area contributed by atoms with Crippen molar-refractivity contribution in [1.82, 2.24) is 4.31 Å². The third-order valence-corrected chi connectivity index (χ3v) is 7.48. The zero-order valence-corrected chi connectivity index (χ0v) is 20.0. The van der Waals surface area contributed by atoms with Crippen molar-refractivity contribution in [2.75, 3.05) is 13.7 Å². The second kappa shape index (κ2) is 9.62. The Labute approximate surface area is 194 Å². The van der Waals surface area contributed by atoms with Crippen molar-refractivity contribution in [1.29, 1.82) is 0 Å². The smallest absolute Gasteiger partial charge is 0.337 e. The largest absolute Gasteiger partial charge is 0.465 e. The van der Waals surface area contributed by atoms with Gasteiger partial charge in [0, 0.05) is 13.0 Å². The van der Waals surface area contributed by atoms with Gasteiger partial charge in [-0.1, -0.05) is 45.0 Å². The second-order valence-electron chi connectivity index (χ2n) is 9.05. The first-order valence-corrected chi connectivity index (χ1v) is 12.0. The van der Waals surface area contributed by atoms with Gasteiger partial charge in [0.1, 0.15) is 12.6 Å². The highest BCUT2D eigenvalue weighted by Gasteiger charge is 2.44. The zero-order valence-electron chi connectivity index (χ0n) is 19.1. The number of aliphatic hydroxyl groups excluding tert-OH is 1. The molecule has 1 N–H and O–H groups in total. The fourth-order valence-corrected chi connectivity index (χ4v) is 5.26. The Morgan fingerprint density at radius 3 is 2.21 bits per heavy atom. The zero-order chi connectivity index (χ0) is 24.4. The van der Waals surface area contributed by atoms with Gasteiger partial charge in [-0.25, -0.2) is 13.2 Å². The molecule has 0 bridgehead atoms. The Morgan fingerprint density at radius 1 is 1.06 bits per heavy atom. The SMILES string of the molecule is COC(=O)c1ccc(COC(=O)[C@@H]2C[C@H](O)CN2S(=O)(=O)c2ccc(C(C)(C)C)cc2)cc1. The minimum absolute atomic E-state index is 0.0422. The van der Waals surface area contributed by atoms with Gasteiger partial charge in [-0.2, -0.15) is 4.31 Å². The maximum atomic E-state index is 13.2. The van der Waals surface area contributed by atoms with Crippen molar-refractivity contribution in [2.24, 2.45) is 0 Å². The van der Waals surface area contributed by atoms with Gasteiger partial charge in [-0.3, -0.25) is 4.79 Å². The van der Waals surface area contributed by atoms with Crippen LogP contribution >= 0.6 is 0 Å². The standard InChI is InChI=1S/C24H29NO7S/c1-24(2,3)18-9-11-20(12-10-18)33(29,30)25-14-19(26)13-21(25)23(28)32-15-16-5-7-17(8-6-16)22(27)31-4/h5-12,19,21,26H,13-15H2,1-4H3/t19-,21-/m0/s1. The van der Waals surface area contributed by atoms with Crippen molar-refractivity contribution in [2.45, 2.75) is 56.3 Å². The number of benzene rings is 2. The first kappa shape index (κ1) is 24.9. The van der Waals surface area contributed by atoms with Crippen LogP contribution in [0.25, 0.3) is 0 Å². The van der Waals surface area contributed by atoms with Gasteiger partial charge in [0.15, 0.2) is 0 Å². The number of β-amino-alcohol motifs (C(OH)–C–C–N with tert-alkyl or cyclic N) is 1. The molecule has 3 rings (SSSR count). The molecular weight excluding hydrogens is 446 g/mol. The van der Waals surface area contributed by atoms with Crippen LogP contribution in [0.5, 0.6) is 0 Å². The molecule has 0 saturated carbocycles. The Morgan fingerprint density at radius 2 is 1.67 bits per heavy atom. The third-order valence-electron chi connectivity index (χ3n) is 5.59. The summed E-state index contributed by atoms with van der Waals surface area (Å²) in [6.45, 7) is 5.81. The number of methoxy groups -OCH3 is 1. The van der Waals surface area contributed by atoms with Crippen LogP contribution in [0.2, 0.25) is 0 Å². The average Bonchev–Trinajstić information content (AvgIpc) is 3.19. The predicted molar refractivity (Wildman–Crippen MR) is 121 cm³/mol. The molecule has 0 aromatic heterocycles. The van der Waals surface area contributed by atoms with E-state index in [1.807, 2.05) is 20.8 Å². The fraction of sp³-hybridized carbons (Fsp3) is 0.417. The van der Waals surface area contributed by atoms with Crippen LogP contribution in [-0.4, -0.2) is 55.6 Å². The summed E-state index contributed by atoms with van der Waals surface area (Å²) >= 11 is 0. The number of esters is 2. The number of carbonyl (C=O) groups is 2. The van der Waals surface area contributed by atoms with Crippen LogP contribution in [0.3, 0.4) is 0 Å². The molecular formula is C24H29NO7S. The van der Waals surface area contributed by atoms with Gasteiger partial charge in [0.05, 0.1) is 23.7 Å². The van der Waals surface area contributed by atoms with E-state index in [1.165, 1.54) is 19.2 Å². The predicted octanol–water partition coefficient (Wildman–Crippen LogP) is 2.64. The molecule has 8 nitrogen and oxygen atoms in total. The molecule has 1 aliphatic heterocycles. The summed E-state index contributed by atoms with van der Waals surface area (Å²) in [5.74, 6) is -1.21. The fourth-order valence-electron chi connectivity index (χ4n) is 3.63. The Balaban J connectivity index is 1.73. The summed E-state index contributed by atoms with van der Waals surface area (Å²) in [4.78, 5) is 24.3. The summed E-state index contributed by atoms with van der Waals surface area (Å²) in [6.07, 6.45) is -1.01. The van der Waals surface area contributed by atoms with Crippen LogP contribution in [0.4, 0.5) is 0 Å². The topological polar surface area (TPSA) is 110 Å². The van der Waals surface area contributed by atoms with E-state index in [9.17, 15) is 23.1 Å². The second-order valence-corrected chi connectivity index (χ2v) is 10.9. The number of aliphatic hydroxyl groups is 1. The molecule has 178 valence electrons. The van der Waals surface area contributed by atoms with E-state index >= 15 is 0 Å². The number of ether oxygens (including phenoxy) is 2. The molecule has 2 aromatic rings. The number of hydrogen-bond acceptors (Lipinski definition) is 7. The van der Waals surface area contributed by atoms with Gasteiger partial charge in [-0.05, 0) is 40.8 Å². The lowest BCUT2D eigenvalue weighted by atomic mass is 9.87. The van der Waals surface area contributed by atoms with Crippen LogP contribution < -0.4 is 0 Å². The maximum Gasteiger partial charge on any atom is 0.337 e. The Kier molecular flexibility index (Phi) is 7.26. The van der Waals surface area contributed by atoms with Crippen molar-refractivity contribution in [3.05, 3.63) is 65.2 Å². The maximum absolute atomic E-state index is 13.2. The van der Waals surface area contributed by atoms with Crippen molar-refractivity contribution in [3.63, 3.8) is 0 Å². The quantitative estimate of drug-likeness (QED) is 0.640. The number of hydrogen-bond donors (Lipinski definition) is 1. The Bertz CT molecular complexity index is 1100.